The van der Waals surface area contributed by atoms with Crippen molar-refractivity contribution in [2.24, 2.45) is 35.5 Å². The molecule has 3 saturated heterocycles. The van der Waals surface area contributed by atoms with Crippen molar-refractivity contribution in [2.75, 3.05) is 19.8 Å². The Hall–Kier alpha value is -1.75. The molecule has 1 saturated carbocycles. The third-order valence-electron chi connectivity index (χ3n) is 11.8. The van der Waals surface area contributed by atoms with E-state index in [1.54, 1.807) is 0 Å². The van der Waals surface area contributed by atoms with Crippen LogP contribution in [0.3, 0.4) is 0 Å². The Morgan fingerprint density at radius 1 is 0.630 bits per heavy atom. The van der Waals surface area contributed by atoms with Crippen LogP contribution >= 0.6 is 0 Å². The molecule has 10 heteroatoms. The summed E-state index contributed by atoms with van der Waals surface area (Å²) < 4.78 is 17.7. The quantitative estimate of drug-likeness (QED) is 0.225. The second-order valence-corrected chi connectivity index (χ2v) is 18.6. The van der Waals surface area contributed by atoms with Crippen molar-refractivity contribution in [1.82, 2.24) is 15.7 Å². The summed E-state index contributed by atoms with van der Waals surface area (Å²) >= 11 is 0. The van der Waals surface area contributed by atoms with Gasteiger partial charge in [0.05, 0.1) is 37.6 Å². The Balaban J connectivity index is 1.44. The Morgan fingerprint density at radius 2 is 1.07 bits per heavy atom. The van der Waals surface area contributed by atoms with Gasteiger partial charge in [-0.2, -0.15) is 5.06 Å². The monoisotopic (exact) mass is 649 g/mol. The lowest BCUT2D eigenvalue weighted by molar-refractivity contribution is -0.199. The summed E-state index contributed by atoms with van der Waals surface area (Å²) in [6, 6.07) is 0. The largest absolute Gasteiger partial charge is 0.465 e. The van der Waals surface area contributed by atoms with Gasteiger partial charge in [-0.1, -0.05) is 0 Å². The molecule has 3 aliphatic heterocycles. The zero-order chi connectivity index (χ0) is 34.7. The second kappa shape index (κ2) is 12.6. The maximum Gasteiger partial charge on any atom is 0.309 e. The molecule has 10 nitrogen and oxygen atoms in total. The van der Waals surface area contributed by atoms with Gasteiger partial charge in [0.1, 0.15) is 0 Å². The molecular formula is C36H63N3O7. The van der Waals surface area contributed by atoms with Crippen molar-refractivity contribution in [3.05, 3.63) is 0 Å². The van der Waals surface area contributed by atoms with Crippen LogP contribution < -0.4 is 10.6 Å². The van der Waals surface area contributed by atoms with E-state index in [1.165, 1.54) is 5.06 Å². The molecular weight excluding hydrogens is 586 g/mol. The number of carbonyl (C=O) groups excluding carboxylic acids is 3. The maximum atomic E-state index is 13.8. The smallest absolute Gasteiger partial charge is 0.309 e. The molecule has 0 spiro atoms. The molecule has 6 atom stereocenters. The molecule has 264 valence electrons. The molecule has 3 heterocycles. The van der Waals surface area contributed by atoms with Crippen LogP contribution in [-0.4, -0.2) is 81.2 Å². The lowest BCUT2D eigenvalue weighted by atomic mass is 9.74. The van der Waals surface area contributed by atoms with Crippen LogP contribution in [-0.2, 0) is 28.6 Å². The number of nitrogens with zero attached hydrogens (tertiary/aromatic N) is 1. The zero-order valence-corrected chi connectivity index (χ0v) is 30.7. The van der Waals surface area contributed by atoms with Crippen LogP contribution in [0.5, 0.6) is 0 Å². The Bertz CT molecular complexity index is 1160. The maximum absolute atomic E-state index is 13.8. The fourth-order valence-corrected chi connectivity index (χ4v) is 9.29. The van der Waals surface area contributed by atoms with Gasteiger partial charge in [-0.3, -0.25) is 14.4 Å². The first-order chi connectivity index (χ1) is 20.9. The summed E-state index contributed by atoms with van der Waals surface area (Å²) in [5.74, 6) is -3.00. The first-order valence-electron chi connectivity index (χ1n) is 17.4. The molecule has 0 aromatic heterocycles. The highest BCUT2D eigenvalue weighted by Gasteiger charge is 2.53. The Kier molecular flexibility index (Phi) is 10.2. The first kappa shape index (κ1) is 37.1. The number of ether oxygens (including phenoxy) is 3. The fourth-order valence-electron chi connectivity index (χ4n) is 9.29. The molecule has 3 N–H and O–H groups in total. The summed E-state index contributed by atoms with van der Waals surface area (Å²) in [6.07, 6.45) is 3.41. The highest BCUT2D eigenvalue weighted by molar-refractivity contribution is 5.84. The van der Waals surface area contributed by atoms with Crippen molar-refractivity contribution >= 4 is 17.9 Å². The van der Waals surface area contributed by atoms with Gasteiger partial charge in [-0.15, -0.1) is 0 Å². The molecule has 0 aromatic rings. The third kappa shape index (κ3) is 7.92. The van der Waals surface area contributed by atoms with E-state index in [1.807, 2.05) is 27.7 Å². The van der Waals surface area contributed by atoms with E-state index in [0.717, 1.165) is 12.8 Å². The predicted molar refractivity (Wildman–Crippen MR) is 176 cm³/mol. The van der Waals surface area contributed by atoms with E-state index in [4.69, 9.17) is 14.2 Å². The minimum Gasteiger partial charge on any atom is -0.465 e. The van der Waals surface area contributed by atoms with Gasteiger partial charge < -0.3 is 30.1 Å². The van der Waals surface area contributed by atoms with Gasteiger partial charge in [0.15, 0.2) is 0 Å². The lowest BCUT2D eigenvalue weighted by Crippen LogP contribution is -2.48. The molecule has 6 unspecified atom stereocenters. The van der Waals surface area contributed by atoms with Crippen molar-refractivity contribution in [2.45, 2.75) is 155 Å². The van der Waals surface area contributed by atoms with Crippen LogP contribution in [0.4, 0.5) is 0 Å². The number of carbonyl (C=O) groups is 3. The van der Waals surface area contributed by atoms with E-state index in [2.05, 4.69) is 66.0 Å². The molecule has 4 rings (SSSR count). The van der Waals surface area contributed by atoms with Crippen LogP contribution in [0.15, 0.2) is 0 Å². The topological polar surface area (TPSA) is 126 Å². The fraction of sp³-hybridized carbons (Fsp3) is 0.917. The number of hydrogen-bond donors (Lipinski definition) is 3. The Labute approximate surface area is 277 Å². The minimum absolute atomic E-state index is 0.0382. The van der Waals surface area contributed by atoms with Crippen molar-refractivity contribution in [1.29, 1.82) is 0 Å². The number of hydrogen-bond acceptors (Lipinski definition) is 10. The van der Waals surface area contributed by atoms with Gasteiger partial charge >= 0.3 is 17.9 Å². The standard InChI is InChI=1S/C36H63N3O7/c1-31(2)16-23(34(7,8)37-31)19-44-28(40)22-13-14-26(29(41)45-20-24-17-32(3,4)38-35(24,9)10)27(15-22)30(42)46-21-25-18-33(5,6)39(43)36(25,11)12/h22-27,37-38,43H,13-21H2,1-12H3. The summed E-state index contributed by atoms with van der Waals surface area (Å²) in [5.41, 5.74) is -1.49. The van der Waals surface area contributed by atoms with Crippen LogP contribution in [0.25, 0.3) is 0 Å². The normalized spacial score (nSPS) is 35.4. The molecule has 1 aliphatic carbocycles. The summed E-state index contributed by atoms with van der Waals surface area (Å²) in [4.78, 5) is 40.8. The molecule has 0 amide bonds. The lowest BCUT2D eigenvalue weighted by Gasteiger charge is -2.36. The van der Waals surface area contributed by atoms with E-state index < -0.39 is 40.8 Å². The van der Waals surface area contributed by atoms with E-state index >= 15 is 0 Å². The summed E-state index contributed by atoms with van der Waals surface area (Å²) in [5, 5.41) is 19.4. The van der Waals surface area contributed by atoms with Gasteiger partial charge in [0.2, 0.25) is 0 Å². The second-order valence-electron chi connectivity index (χ2n) is 18.6. The van der Waals surface area contributed by atoms with Crippen molar-refractivity contribution in [3.8, 4) is 0 Å². The Morgan fingerprint density at radius 3 is 1.48 bits per heavy atom. The predicted octanol–water partition coefficient (Wildman–Crippen LogP) is 5.25. The first-order valence-corrected chi connectivity index (χ1v) is 17.4. The zero-order valence-electron chi connectivity index (χ0n) is 30.7. The molecule has 0 aromatic carbocycles. The number of rotatable bonds is 9. The summed E-state index contributed by atoms with van der Waals surface area (Å²) in [6.45, 7) is 25.6. The van der Waals surface area contributed by atoms with Crippen molar-refractivity contribution in [3.63, 3.8) is 0 Å². The molecule has 0 radical (unpaired) electrons. The van der Waals surface area contributed by atoms with Crippen LogP contribution in [0, 0.1) is 35.5 Å². The van der Waals surface area contributed by atoms with Crippen LogP contribution in [0.1, 0.15) is 122 Å². The molecule has 4 fully saturated rings. The highest BCUT2D eigenvalue weighted by atomic mass is 16.5. The third-order valence-corrected chi connectivity index (χ3v) is 11.8. The van der Waals surface area contributed by atoms with Gasteiger partial charge in [0.25, 0.3) is 0 Å². The average molecular weight is 650 g/mol. The van der Waals surface area contributed by atoms with E-state index in [9.17, 15) is 19.6 Å². The number of hydroxylamine groups is 2. The molecule has 46 heavy (non-hydrogen) atoms. The van der Waals surface area contributed by atoms with Crippen molar-refractivity contribution < 1.29 is 33.8 Å². The van der Waals surface area contributed by atoms with Crippen LogP contribution in [0.2, 0.25) is 0 Å². The van der Waals surface area contributed by atoms with Gasteiger partial charge in [-0.05, 0) is 122 Å². The van der Waals surface area contributed by atoms with E-state index in [-0.39, 0.29) is 65.5 Å². The average Bonchev–Trinajstić information content (AvgIpc) is 3.35. The number of esters is 3. The molecule has 4 aliphatic rings. The van der Waals surface area contributed by atoms with E-state index in [0.29, 0.717) is 25.9 Å². The summed E-state index contributed by atoms with van der Waals surface area (Å²) in [7, 11) is 0. The number of nitrogens with one attached hydrogen (secondary N) is 2. The SMILES string of the molecule is CC1(C)CC(COC(=O)C2CCC(C(=O)OCC3CC(C)(C)NC3(C)C)C(C(=O)OCC3CC(C)(C)N(O)C3(C)C)C2)C(C)(C)N1. The van der Waals surface area contributed by atoms with Gasteiger partial charge in [-0.25, -0.2) is 0 Å². The molecule has 0 bridgehead atoms. The van der Waals surface area contributed by atoms with Gasteiger partial charge in [0, 0.05) is 51.0 Å². The minimum atomic E-state index is -0.809. The highest BCUT2D eigenvalue weighted by Crippen LogP contribution is 2.44.